The van der Waals surface area contributed by atoms with Crippen LogP contribution in [0.3, 0.4) is 0 Å². The van der Waals surface area contributed by atoms with Crippen molar-refractivity contribution in [3.8, 4) is 5.69 Å². The SMILES string of the molecule is CC1CN(Cc2cn(-c3cccc(Cl)c3Cl)nn2)C(C)CN1. The Balaban J connectivity index is 1.78. The molecule has 3 rings (SSSR count). The third-order valence-corrected chi connectivity index (χ3v) is 4.79. The van der Waals surface area contributed by atoms with E-state index in [1.165, 1.54) is 0 Å². The number of nitrogens with one attached hydrogen (secondary N) is 1. The maximum Gasteiger partial charge on any atom is 0.0971 e. The average molecular weight is 340 g/mol. The van der Waals surface area contributed by atoms with Crippen LogP contribution in [0.5, 0.6) is 0 Å². The van der Waals surface area contributed by atoms with Crippen LogP contribution >= 0.6 is 23.2 Å². The highest BCUT2D eigenvalue weighted by Gasteiger charge is 2.23. The number of halogens is 2. The molecule has 0 amide bonds. The van der Waals surface area contributed by atoms with Crippen molar-refractivity contribution in [1.82, 2.24) is 25.2 Å². The van der Waals surface area contributed by atoms with Crippen LogP contribution in [0.1, 0.15) is 19.5 Å². The lowest BCUT2D eigenvalue weighted by molar-refractivity contribution is 0.137. The first kappa shape index (κ1) is 15.7. The first-order chi connectivity index (χ1) is 10.5. The Kier molecular flexibility index (Phi) is 4.68. The van der Waals surface area contributed by atoms with Crippen LogP contribution in [0.4, 0.5) is 0 Å². The van der Waals surface area contributed by atoms with Gasteiger partial charge in [0, 0.05) is 31.7 Å². The zero-order valence-corrected chi connectivity index (χ0v) is 14.1. The zero-order chi connectivity index (χ0) is 15.7. The number of aromatic nitrogens is 3. The molecule has 1 aromatic carbocycles. The van der Waals surface area contributed by atoms with Crippen LogP contribution in [0.2, 0.25) is 10.0 Å². The minimum Gasteiger partial charge on any atom is -0.311 e. The van der Waals surface area contributed by atoms with Crippen LogP contribution < -0.4 is 5.32 Å². The Morgan fingerprint density at radius 1 is 1.32 bits per heavy atom. The van der Waals surface area contributed by atoms with Crippen molar-refractivity contribution < 1.29 is 0 Å². The largest absolute Gasteiger partial charge is 0.311 e. The van der Waals surface area contributed by atoms with Gasteiger partial charge < -0.3 is 5.32 Å². The van der Waals surface area contributed by atoms with E-state index in [0.717, 1.165) is 31.0 Å². The second-order valence-corrected chi connectivity index (χ2v) is 6.60. The van der Waals surface area contributed by atoms with Gasteiger partial charge in [0.25, 0.3) is 0 Å². The molecule has 1 saturated heterocycles. The fourth-order valence-electron chi connectivity index (χ4n) is 2.68. The van der Waals surface area contributed by atoms with Crippen LogP contribution in [0.15, 0.2) is 24.4 Å². The maximum absolute atomic E-state index is 6.23. The molecule has 0 radical (unpaired) electrons. The summed E-state index contributed by atoms with van der Waals surface area (Å²) < 4.78 is 1.68. The molecule has 22 heavy (non-hydrogen) atoms. The van der Waals surface area contributed by atoms with Crippen molar-refractivity contribution in [1.29, 1.82) is 0 Å². The van der Waals surface area contributed by atoms with Gasteiger partial charge in [-0.1, -0.05) is 34.5 Å². The van der Waals surface area contributed by atoms with Crippen molar-refractivity contribution in [2.75, 3.05) is 13.1 Å². The first-order valence-electron chi connectivity index (χ1n) is 7.37. The Labute approximate surface area is 140 Å². The lowest BCUT2D eigenvalue weighted by atomic mass is 10.1. The molecule has 1 fully saturated rings. The molecule has 0 spiro atoms. The molecule has 1 aromatic heterocycles. The van der Waals surface area contributed by atoms with Crippen molar-refractivity contribution >= 4 is 23.2 Å². The molecule has 1 N–H and O–H groups in total. The van der Waals surface area contributed by atoms with E-state index in [4.69, 9.17) is 23.2 Å². The zero-order valence-electron chi connectivity index (χ0n) is 12.6. The Morgan fingerprint density at radius 3 is 2.95 bits per heavy atom. The van der Waals surface area contributed by atoms with Crippen LogP contribution in [-0.4, -0.2) is 45.1 Å². The summed E-state index contributed by atoms with van der Waals surface area (Å²) in [5.74, 6) is 0. The van der Waals surface area contributed by atoms with Gasteiger partial charge in [0.05, 0.1) is 27.6 Å². The highest BCUT2D eigenvalue weighted by Crippen LogP contribution is 2.28. The molecule has 2 atom stereocenters. The van der Waals surface area contributed by atoms with E-state index in [0.29, 0.717) is 22.1 Å². The molecule has 0 aliphatic carbocycles. The van der Waals surface area contributed by atoms with Gasteiger partial charge in [0.2, 0.25) is 0 Å². The molecule has 1 aliphatic heterocycles. The minimum atomic E-state index is 0.483. The number of rotatable bonds is 3. The Bertz CT molecular complexity index is 657. The summed E-state index contributed by atoms with van der Waals surface area (Å²) in [6.07, 6.45) is 1.91. The summed E-state index contributed by atoms with van der Waals surface area (Å²) in [4.78, 5) is 2.41. The number of nitrogens with zero attached hydrogens (tertiary/aromatic N) is 4. The fraction of sp³-hybridized carbons (Fsp3) is 0.467. The summed E-state index contributed by atoms with van der Waals surface area (Å²) in [6.45, 7) is 7.20. The molecule has 2 aromatic rings. The second-order valence-electron chi connectivity index (χ2n) is 5.82. The predicted molar refractivity (Wildman–Crippen MR) is 88.7 cm³/mol. The van der Waals surface area contributed by atoms with E-state index in [2.05, 4.69) is 34.4 Å². The molecule has 1 aliphatic rings. The third kappa shape index (κ3) is 3.27. The molecular formula is C15H19Cl2N5. The minimum absolute atomic E-state index is 0.483. The van der Waals surface area contributed by atoms with Gasteiger partial charge in [0.15, 0.2) is 0 Å². The molecule has 118 valence electrons. The molecule has 0 saturated carbocycles. The third-order valence-electron chi connectivity index (χ3n) is 3.98. The lowest BCUT2D eigenvalue weighted by Gasteiger charge is -2.36. The highest BCUT2D eigenvalue weighted by atomic mass is 35.5. The van der Waals surface area contributed by atoms with Gasteiger partial charge in [-0.3, -0.25) is 4.90 Å². The Morgan fingerprint density at radius 2 is 2.14 bits per heavy atom. The summed E-state index contributed by atoms with van der Waals surface area (Å²) >= 11 is 12.3. The van der Waals surface area contributed by atoms with Crippen molar-refractivity contribution in [3.05, 3.63) is 40.1 Å². The smallest absolute Gasteiger partial charge is 0.0971 e. The lowest BCUT2D eigenvalue weighted by Crippen LogP contribution is -2.53. The number of hydrogen-bond acceptors (Lipinski definition) is 4. The number of piperazine rings is 1. The molecular weight excluding hydrogens is 321 g/mol. The fourth-order valence-corrected chi connectivity index (χ4v) is 3.07. The van der Waals surface area contributed by atoms with E-state index < -0.39 is 0 Å². The van der Waals surface area contributed by atoms with Gasteiger partial charge in [-0.2, -0.15) is 0 Å². The number of benzene rings is 1. The van der Waals surface area contributed by atoms with Crippen molar-refractivity contribution in [2.45, 2.75) is 32.5 Å². The summed E-state index contributed by atoms with van der Waals surface area (Å²) in [6, 6.07) is 6.46. The monoisotopic (exact) mass is 339 g/mol. The van der Waals surface area contributed by atoms with Gasteiger partial charge in [0.1, 0.15) is 0 Å². The van der Waals surface area contributed by atoms with Crippen molar-refractivity contribution in [2.24, 2.45) is 0 Å². The van der Waals surface area contributed by atoms with E-state index in [9.17, 15) is 0 Å². The highest BCUT2D eigenvalue weighted by molar-refractivity contribution is 6.43. The van der Waals surface area contributed by atoms with Crippen LogP contribution in [0, 0.1) is 0 Å². The Hall–Kier alpha value is -1.14. The summed E-state index contributed by atoms with van der Waals surface area (Å²) in [7, 11) is 0. The van der Waals surface area contributed by atoms with Gasteiger partial charge in [-0.25, -0.2) is 4.68 Å². The molecule has 2 heterocycles. The number of hydrogen-bond donors (Lipinski definition) is 1. The van der Waals surface area contributed by atoms with Gasteiger partial charge in [-0.15, -0.1) is 5.10 Å². The summed E-state index contributed by atoms with van der Waals surface area (Å²) in [5.41, 5.74) is 1.67. The average Bonchev–Trinajstić information content (AvgIpc) is 2.94. The van der Waals surface area contributed by atoms with E-state index in [-0.39, 0.29) is 0 Å². The summed E-state index contributed by atoms with van der Waals surface area (Å²) in [5, 5.41) is 12.9. The van der Waals surface area contributed by atoms with E-state index in [1.54, 1.807) is 10.7 Å². The maximum atomic E-state index is 6.23. The van der Waals surface area contributed by atoms with Crippen LogP contribution in [0.25, 0.3) is 5.69 Å². The molecule has 0 bridgehead atoms. The van der Waals surface area contributed by atoms with E-state index in [1.807, 2.05) is 18.3 Å². The topological polar surface area (TPSA) is 46.0 Å². The second kappa shape index (κ2) is 6.54. The van der Waals surface area contributed by atoms with E-state index >= 15 is 0 Å². The standard InChI is InChI=1S/C15H19Cl2N5/c1-10-7-21(11(2)6-18-10)8-12-9-22(20-19-12)14-5-3-4-13(16)15(14)17/h3-5,9-11,18H,6-8H2,1-2H3. The normalized spacial score (nSPS) is 22.9. The van der Waals surface area contributed by atoms with Crippen LogP contribution in [-0.2, 0) is 6.54 Å². The quantitative estimate of drug-likeness (QED) is 0.933. The first-order valence-corrected chi connectivity index (χ1v) is 8.13. The van der Waals surface area contributed by atoms with Gasteiger partial charge in [-0.05, 0) is 26.0 Å². The molecule has 5 nitrogen and oxygen atoms in total. The molecule has 7 heteroatoms. The predicted octanol–water partition coefficient (Wildman–Crippen LogP) is 2.76. The van der Waals surface area contributed by atoms with Gasteiger partial charge >= 0.3 is 0 Å². The molecule has 2 unspecified atom stereocenters. The van der Waals surface area contributed by atoms with Crippen molar-refractivity contribution in [3.63, 3.8) is 0 Å².